The predicted molar refractivity (Wildman–Crippen MR) is 80.2 cm³/mol. The molecular formula is C15H24N4O. The zero-order chi connectivity index (χ0) is 14.3. The summed E-state index contributed by atoms with van der Waals surface area (Å²) in [5, 5.41) is 13.1. The first-order valence-corrected chi connectivity index (χ1v) is 7.65. The lowest BCUT2D eigenvalue weighted by Gasteiger charge is -2.39. The standard InChI is InChI=1S/C15H24N4O/c1-4-13-17-14(16-3)9(2)15(18-13)19-10-5-6-11(19)8-12(20)7-10/h10-12,20H,4-8H2,1-3H3,(H,16,17,18). The van der Waals surface area contributed by atoms with Crippen LogP contribution < -0.4 is 10.2 Å². The van der Waals surface area contributed by atoms with Gasteiger partial charge in [-0.25, -0.2) is 9.97 Å². The van der Waals surface area contributed by atoms with E-state index < -0.39 is 0 Å². The fourth-order valence-electron chi connectivity index (χ4n) is 3.70. The Morgan fingerprint density at radius 2 is 1.90 bits per heavy atom. The van der Waals surface area contributed by atoms with Gasteiger partial charge in [0.05, 0.1) is 6.10 Å². The second-order valence-electron chi connectivity index (χ2n) is 5.96. The van der Waals surface area contributed by atoms with Crippen LogP contribution in [-0.4, -0.2) is 40.3 Å². The van der Waals surface area contributed by atoms with Crippen LogP contribution in [0.5, 0.6) is 0 Å². The molecular weight excluding hydrogens is 252 g/mol. The first-order chi connectivity index (χ1) is 9.63. The van der Waals surface area contributed by atoms with E-state index in [2.05, 4.69) is 29.0 Å². The molecule has 0 spiro atoms. The Morgan fingerprint density at radius 1 is 1.25 bits per heavy atom. The molecule has 0 aliphatic carbocycles. The van der Waals surface area contributed by atoms with Gasteiger partial charge >= 0.3 is 0 Å². The maximum absolute atomic E-state index is 9.95. The van der Waals surface area contributed by atoms with E-state index in [1.54, 1.807) is 0 Å². The van der Waals surface area contributed by atoms with Crippen molar-refractivity contribution in [3.05, 3.63) is 11.4 Å². The van der Waals surface area contributed by atoms with E-state index in [0.29, 0.717) is 12.1 Å². The van der Waals surface area contributed by atoms with E-state index in [9.17, 15) is 5.11 Å². The highest BCUT2D eigenvalue weighted by Gasteiger charge is 2.41. The van der Waals surface area contributed by atoms with Crippen LogP contribution in [0, 0.1) is 6.92 Å². The normalized spacial score (nSPS) is 28.8. The van der Waals surface area contributed by atoms with Gasteiger partial charge in [-0.15, -0.1) is 0 Å². The average molecular weight is 276 g/mol. The number of nitrogens with zero attached hydrogens (tertiary/aromatic N) is 3. The van der Waals surface area contributed by atoms with E-state index in [1.807, 2.05) is 7.05 Å². The van der Waals surface area contributed by atoms with Crippen molar-refractivity contribution in [2.24, 2.45) is 0 Å². The lowest BCUT2D eigenvalue weighted by Crippen LogP contribution is -2.45. The quantitative estimate of drug-likeness (QED) is 0.882. The maximum atomic E-state index is 9.95. The topological polar surface area (TPSA) is 61.3 Å². The number of piperidine rings is 1. The number of anilines is 2. The Labute approximate surface area is 120 Å². The van der Waals surface area contributed by atoms with Crippen LogP contribution >= 0.6 is 0 Å². The lowest BCUT2D eigenvalue weighted by atomic mass is 9.99. The Balaban J connectivity index is 2.01. The van der Waals surface area contributed by atoms with E-state index in [1.165, 1.54) is 12.8 Å². The summed E-state index contributed by atoms with van der Waals surface area (Å²) in [5.41, 5.74) is 1.12. The molecule has 0 radical (unpaired) electrons. The molecule has 1 aromatic heterocycles. The SMILES string of the molecule is CCc1nc(NC)c(C)c(N2C3CCC2CC(O)C3)n1. The van der Waals surface area contributed by atoms with Gasteiger partial charge < -0.3 is 15.3 Å². The smallest absolute Gasteiger partial charge is 0.137 e. The monoisotopic (exact) mass is 276 g/mol. The summed E-state index contributed by atoms with van der Waals surface area (Å²) in [4.78, 5) is 11.8. The van der Waals surface area contributed by atoms with Gasteiger partial charge in [0.2, 0.25) is 0 Å². The van der Waals surface area contributed by atoms with Crippen molar-refractivity contribution in [2.75, 3.05) is 17.3 Å². The molecule has 20 heavy (non-hydrogen) atoms. The van der Waals surface area contributed by atoms with Crippen molar-refractivity contribution < 1.29 is 5.11 Å². The zero-order valence-corrected chi connectivity index (χ0v) is 12.6. The van der Waals surface area contributed by atoms with Crippen LogP contribution in [-0.2, 0) is 6.42 Å². The second-order valence-corrected chi connectivity index (χ2v) is 5.96. The van der Waals surface area contributed by atoms with E-state index in [-0.39, 0.29) is 6.10 Å². The largest absolute Gasteiger partial charge is 0.393 e. The van der Waals surface area contributed by atoms with Crippen LogP contribution in [0.3, 0.4) is 0 Å². The van der Waals surface area contributed by atoms with Gasteiger partial charge in [0.25, 0.3) is 0 Å². The lowest BCUT2D eigenvalue weighted by molar-refractivity contribution is 0.126. The van der Waals surface area contributed by atoms with Gasteiger partial charge in [-0.2, -0.15) is 0 Å². The number of rotatable bonds is 3. The van der Waals surface area contributed by atoms with Crippen LogP contribution in [0.25, 0.3) is 0 Å². The first-order valence-electron chi connectivity index (χ1n) is 7.65. The number of aliphatic hydroxyl groups is 1. The molecule has 2 aliphatic rings. The molecule has 0 saturated carbocycles. The van der Waals surface area contributed by atoms with Gasteiger partial charge in [0.15, 0.2) is 0 Å². The van der Waals surface area contributed by atoms with Gasteiger partial charge in [0.1, 0.15) is 17.5 Å². The summed E-state index contributed by atoms with van der Waals surface area (Å²) < 4.78 is 0. The van der Waals surface area contributed by atoms with Crippen LogP contribution in [0.2, 0.25) is 0 Å². The molecule has 1 aromatic rings. The summed E-state index contributed by atoms with van der Waals surface area (Å²) in [6.07, 6.45) is 4.78. The van der Waals surface area contributed by atoms with Crippen molar-refractivity contribution in [1.29, 1.82) is 0 Å². The summed E-state index contributed by atoms with van der Waals surface area (Å²) in [6, 6.07) is 0.874. The summed E-state index contributed by atoms with van der Waals surface area (Å²) in [6.45, 7) is 4.17. The third-order valence-corrected chi connectivity index (χ3v) is 4.67. The third-order valence-electron chi connectivity index (χ3n) is 4.67. The Hall–Kier alpha value is -1.36. The van der Waals surface area contributed by atoms with Gasteiger partial charge in [-0.05, 0) is 32.6 Å². The number of aromatic nitrogens is 2. The summed E-state index contributed by atoms with van der Waals surface area (Å²) in [7, 11) is 1.91. The second kappa shape index (κ2) is 5.20. The number of aryl methyl sites for hydroxylation is 1. The maximum Gasteiger partial charge on any atom is 0.137 e. The van der Waals surface area contributed by atoms with Gasteiger partial charge in [-0.3, -0.25) is 0 Å². The number of hydrogen-bond donors (Lipinski definition) is 2. The molecule has 3 rings (SSSR count). The molecule has 2 atom stereocenters. The Bertz CT molecular complexity index is 491. The van der Waals surface area contributed by atoms with E-state index in [4.69, 9.17) is 4.98 Å². The van der Waals surface area contributed by atoms with Crippen LogP contribution in [0.1, 0.15) is 44.0 Å². The molecule has 2 saturated heterocycles. The fourth-order valence-corrected chi connectivity index (χ4v) is 3.70. The molecule has 3 heterocycles. The molecule has 0 amide bonds. The van der Waals surface area contributed by atoms with E-state index in [0.717, 1.165) is 42.3 Å². The minimum absolute atomic E-state index is 0.139. The molecule has 2 aliphatic heterocycles. The number of aliphatic hydroxyl groups excluding tert-OH is 1. The molecule has 110 valence electrons. The molecule has 2 fully saturated rings. The van der Waals surface area contributed by atoms with Crippen molar-refractivity contribution >= 4 is 11.6 Å². The van der Waals surface area contributed by atoms with Crippen molar-refractivity contribution in [3.63, 3.8) is 0 Å². The summed E-state index contributed by atoms with van der Waals surface area (Å²) in [5.74, 6) is 2.89. The predicted octanol–water partition coefficient (Wildman–Crippen LogP) is 1.88. The van der Waals surface area contributed by atoms with Crippen LogP contribution in [0.15, 0.2) is 0 Å². The minimum atomic E-state index is -0.139. The van der Waals surface area contributed by atoms with Crippen LogP contribution in [0.4, 0.5) is 11.6 Å². The summed E-state index contributed by atoms with van der Waals surface area (Å²) >= 11 is 0. The molecule has 5 nitrogen and oxygen atoms in total. The molecule has 5 heteroatoms. The molecule has 0 aromatic carbocycles. The Morgan fingerprint density at radius 3 is 2.45 bits per heavy atom. The third kappa shape index (κ3) is 2.14. The number of nitrogens with one attached hydrogen (secondary N) is 1. The highest BCUT2D eigenvalue weighted by Crippen LogP contribution is 2.40. The highest BCUT2D eigenvalue weighted by atomic mass is 16.3. The van der Waals surface area contributed by atoms with Crippen molar-refractivity contribution in [2.45, 2.75) is 64.1 Å². The molecule has 2 unspecified atom stereocenters. The first kappa shape index (κ1) is 13.6. The minimum Gasteiger partial charge on any atom is -0.393 e. The zero-order valence-electron chi connectivity index (χ0n) is 12.6. The van der Waals surface area contributed by atoms with Crippen molar-refractivity contribution in [3.8, 4) is 0 Å². The molecule has 2 bridgehead atoms. The fraction of sp³-hybridized carbons (Fsp3) is 0.733. The van der Waals surface area contributed by atoms with Crippen molar-refractivity contribution in [1.82, 2.24) is 9.97 Å². The van der Waals surface area contributed by atoms with Gasteiger partial charge in [-0.1, -0.05) is 6.92 Å². The average Bonchev–Trinajstić information content (AvgIpc) is 2.71. The number of fused-ring (bicyclic) bond motifs is 2. The highest BCUT2D eigenvalue weighted by molar-refractivity contribution is 5.60. The molecule has 2 N–H and O–H groups in total. The Kier molecular flexibility index (Phi) is 3.54. The van der Waals surface area contributed by atoms with E-state index >= 15 is 0 Å². The van der Waals surface area contributed by atoms with Gasteiger partial charge in [0, 0.05) is 31.1 Å². The number of hydrogen-bond acceptors (Lipinski definition) is 5.